The van der Waals surface area contributed by atoms with Crippen molar-refractivity contribution < 1.29 is 38.2 Å². The van der Waals surface area contributed by atoms with Gasteiger partial charge in [-0.15, -0.1) is 0 Å². The Balaban J connectivity index is 0.000000334. The summed E-state index contributed by atoms with van der Waals surface area (Å²) in [5.41, 5.74) is 2.03. The second-order valence-corrected chi connectivity index (χ2v) is 13.3. The Kier molecular flexibility index (Phi) is 12.9. The summed E-state index contributed by atoms with van der Waals surface area (Å²) in [4.78, 5) is 63.4. The topological polar surface area (TPSA) is 144 Å². The van der Waals surface area contributed by atoms with Crippen LogP contribution in [0.25, 0.3) is 22.1 Å². The molecule has 0 aliphatic rings. The fourth-order valence-electron chi connectivity index (χ4n) is 5.38. The summed E-state index contributed by atoms with van der Waals surface area (Å²) in [6, 6.07) is 5.95. The lowest BCUT2D eigenvalue weighted by Crippen LogP contribution is -2.32. The summed E-state index contributed by atoms with van der Waals surface area (Å²) >= 11 is 0. The van der Waals surface area contributed by atoms with Gasteiger partial charge in [0.25, 0.3) is 5.91 Å². The molecule has 2 atom stereocenters. The molecule has 0 bridgehead atoms. The number of carbonyl (C=O) groups is 4. The molecule has 2 unspecified atom stereocenters. The monoisotopic (exact) mass is 681 g/mol. The predicted octanol–water partition coefficient (Wildman–Crippen LogP) is 6.55. The van der Waals surface area contributed by atoms with Gasteiger partial charge in [0.05, 0.1) is 25.3 Å². The van der Waals surface area contributed by atoms with Gasteiger partial charge in [-0.05, 0) is 93.5 Å². The third-order valence-electron chi connectivity index (χ3n) is 7.48. The van der Waals surface area contributed by atoms with Gasteiger partial charge < -0.3 is 23.3 Å². The SMILES string of the molecule is C.COC(=O)C(C)n1c(C)c(C(=O)OC(C)(C)C)c2cccnc21.CON(C)C(=O)C(C)n1c(C)c(C(=O)OC(C)(C)C)c2cccnc21. The molecule has 268 valence electrons. The van der Waals surface area contributed by atoms with Crippen LogP contribution in [0, 0.1) is 13.8 Å². The second kappa shape index (κ2) is 15.6. The van der Waals surface area contributed by atoms with E-state index in [9.17, 15) is 19.2 Å². The molecule has 13 heteroatoms. The molecule has 0 N–H and O–H groups in total. The number of aromatic nitrogens is 4. The van der Waals surface area contributed by atoms with Crippen LogP contribution in [0.4, 0.5) is 0 Å². The molecule has 0 saturated heterocycles. The molecule has 0 fully saturated rings. The highest BCUT2D eigenvalue weighted by atomic mass is 16.7. The van der Waals surface area contributed by atoms with E-state index in [1.807, 2.05) is 47.6 Å². The number of methoxy groups -OCH3 is 1. The third-order valence-corrected chi connectivity index (χ3v) is 7.48. The summed E-state index contributed by atoms with van der Waals surface area (Å²) in [6.07, 6.45) is 3.26. The van der Waals surface area contributed by atoms with E-state index in [4.69, 9.17) is 19.0 Å². The molecule has 0 aromatic carbocycles. The number of hydroxylamine groups is 2. The van der Waals surface area contributed by atoms with Gasteiger partial charge in [-0.2, -0.15) is 0 Å². The van der Waals surface area contributed by atoms with Gasteiger partial charge in [-0.1, -0.05) is 7.43 Å². The lowest BCUT2D eigenvalue weighted by atomic mass is 10.1. The first kappa shape index (κ1) is 40.4. The number of carbonyl (C=O) groups excluding carboxylic acids is 4. The maximum Gasteiger partial charge on any atom is 0.341 e. The van der Waals surface area contributed by atoms with Crippen molar-refractivity contribution in [2.24, 2.45) is 0 Å². The number of nitrogens with zero attached hydrogens (tertiary/aromatic N) is 5. The number of amides is 1. The molecule has 49 heavy (non-hydrogen) atoms. The van der Waals surface area contributed by atoms with Crippen molar-refractivity contribution >= 4 is 45.9 Å². The normalized spacial score (nSPS) is 12.7. The number of hydrogen-bond donors (Lipinski definition) is 0. The highest BCUT2D eigenvalue weighted by Crippen LogP contribution is 2.31. The van der Waals surface area contributed by atoms with Gasteiger partial charge in [0.1, 0.15) is 34.6 Å². The maximum absolute atomic E-state index is 12.7. The Morgan fingerprint density at radius 3 is 1.47 bits per heavy atom. The Hall–Kier alpha value is -4.78. The van der Waals surface area contributed by atoms with E-state index < -0.39 is 41.2 Å². The Morgan fingerprint density at radius 2 is 1.12 bits per heavy atom. The number of fused-ring (bicyclic) bond motifs is 2. The molecule has 4 aromatic rings. The highest BCUT2D eigenvalue weighted by molar-refractivity contribution is 6.06. The highest BCUT2D eigenvalue weighted by Gasteiger charge is 2.31. The number of esters is 3. The van der Waals surface area contributed by atoms with Gasteiger partial charge in [-0.3, -0.25) is 9.63 Å². The fourth-order valence-corrected chi connectivity index (χ4v) is 5.38. The summed E-state index contributed by atoms with van der Waals surface area (Å²) in [5.74, 6) is -1.50. The number of hydrogen-bond acceptors (Lipinski definition) is 10. The summed E-state index contributed by atoms with van der Waals surface area (Å²) in [7, 11) is 4.31. The van der Waals surface area contributed by atoms with Crippen LogP contribution in [0.5, 0.6) is 0 Å². The van der Waals surface area contributed by atoms with Crippen LogP contribution < -0.4 is 0 Å². The van der Waals surface area contributed by atoms with Crippen LogP contribution in [0.3, 0.4) is 0 Å². The van der Waals surface area contributed by atoms with Crippen LogP contribution in [0.15, 0.2) is 36.7 Å². The standard InChI is InChI=1S/C18H25N3O4.C17H22N2O4.CH4/c1-11-14(17(23)25-18(3,4)5)13-9-8-10-19-15(13)21(11)12(2)16(22)20(6)24-7;1-10-13(16(21)23-17(3,4)5)12-8-7-9-18-14(12)19(10)11(2)15(20)22-6;/h8-10,12H,1-7H3;7-9,11H,1-6H3;1H4. The smallest absolute Gasteiger partial charge is 0.341 e. The van der Waals surface area contributed by atoms with E-state index in [0.29, 0.717) is 44.6 Å². The molecule has 4 aromatic heterocycles. The average Bonchev–Trinajstić information content (AvgIpc) is 3.47. The maximum atomic E-state index is 12.7. The van der Waals surface area contributed by atoms with Gasteiger partial charge in [-0.25, -0.2) is 29.4 Å². The first-order valence-corrected chi connectivity index (χ1v) is 15.5. The minimum absolute atomic E-state index is 0. The van der Waals surface area contributed by atoms with Gasteiger partial charge in [0.15, 0.2) is 0 Å². The molecule has 0 aliphatic carbocycles. The fraction of sp³-hybridized carbons (Fsp3) is 0.500. The molecule has 1 amide bonds. The number of pyridine rings is 2. The van der Waals surface area contributed by atoms with Crippen LogP contribution >= 0.6 is 0 Å². The first-order chi connectivity index (χ1) is 22.3. The zero-order chi connectivity index (χ0) is 36.3. The van der Waals surface area contributed by atoms with Crippen LogP contribution in [0.1, 0.15) is 107 Å². The molecule has 0 saturated carbocycles. The number of ether oxygens (including phenoxy) is 3. The Morgan fingerprint density at radius 1 is 0.735 bits per heavy atom. The van der Waals surface area contributed by atoms with E-state index in [-0.39, 0.29) is 13.3 Å². The van der Waals surface area contributed by atoms with Crippen LogP contribution in [-0.2, 0) is 28.6 Å². The van der Waals surface area contributed by atoms with E-state index in [1.54, 1.807) is 74.5 Å². The number of rotatable bonds is 7. The van der Waals surface area contributed by atoms with Crippen molar-refractivity contribution in [1.82, 2.24) is 24.2 Å². The van der Waals surface area contributed by atoms with Gasteiger partial charge in [0, 0.05) is 41.6 Å². The van der Waals surface area contributed by atoms with Crippen molar-refractivity contribution in [2.45, 2.75) is 99.9 Å². The Bertz CT molecular complexity index is 1830. The van der Waals surface area contributed by atoms with Crippen molar-refractivity contribution in [3.63, 3.8) is 0 Å². The lowest BCUT2D eigenvalue weighted by molar-refractivity contribution is -0.171. The minimum atomic E-state index is -0.613. The first-order valence-electron chi connectivity index (χ1n) is 15.5. The molecule has 4 rings (SSSR count). The molecule has 13 nitrogen and oxygen atoms in total. The van der Waals surface area contributed by atoms with Crippen molar-refractivity contribution in [3.05, 3.63) is 59.2 Å². The largest absolute Gasteiger partial charge is 0.467 e. The average molecular weight is 682 g/mol. The molecule has 0 radical (unpaired) electrons. The van der Waals surface area contributed by atoms with Crippen LogP contribution in [-0.4, -0.2) is 80.4 Å². The summed E-state index contributed by atoms with van der Waals surface area (Å²) < 4.78 is 19.3. The minimum Gasteiger partial charge on any atom is -0.467 e. The second-order valence-electron chi connectivity index (χ2n) is 13.3. The van der Waals surface area contributed by atoms with Crippen molar-refractivity contribution in [1.29, 1.82) is 0 Å². The van der Waals surface area contributed by atoms with Gasteiger partial charge in [0.2, 0.25) is 0 Å². The quantitative estimate of drug-likeness (QED) is 0.120. The molecular weight excluding hydrogens is 630 g/mol. The van der Waals surface area contributed by atoms with E-state index in [1.165, 1.54) is 14.2 Å². The Labute approximate surface area is 288 Å². The summed E-state index contributed by atoms with van der Waals surface area (Å²) in [6.45, 7) is 17.9. The van der Waals surface area contributed by atoms with Crippen LogP contribution in [0.2, 0.25) is 0 Å². The third kappa shape index (κ3) is 8.83. The molecule has 0 spiro atoms. The lowest BCUT2D eigenvalue weighted by Gasteiger charge is -2.22. The van der Waals surface area contributed by atoms with Crippen molar-refractivity contribution in [3.8, 4) is 0 Å². The van der Waals surface area contributed by atoms with E-state index >= 15 is 0 Å². The zero-order valence-corrected chi connectivity index (χ0v) is 30.1. The number of likely N-dealkylation sites (N-methyl/N-ethyl adjacent to an activating group) is 1. The summed E-state index contributed by atoms with van der Waals surface area (Å²) in [5, 5.41) is 2.48. The predicted molar refractivity (Wildman–Crippen MR) is 187 cm³/mol. The van der Waals surface area contributed by atoms with Crippen molar-refractivity contribution in [2.75, 3.05) is 21.3 Å². The van der Waals surface area contributed by atoms with E-state index in [0.717, 1.165) is 5.06 Å². The molecule has 0 aliphatic heterocycles. The van der Waals surface area contributed by atoms with E-state index in [2.05, 4.69) is 9.97 Å². The molecule has 4 heterocycles. The molecular formula is C36H51N5O8. The van der Waals surface area contributed by atoms with Gasteiger partial charge >= 0.3 is 17.9 Å². The zero-order valence-electron chi connectivity index (χ0n) is 30.1.